The summed E-state index contributed by atoms with van der Waals surface area (Å²) >= 11 is 0. The van der Waals surface area contributed by atoms with Crippen molar-refractivity contribution in [1.82, 2.24) is 0 Å². The largest absolute Gasteiger partial charge is 0.462 e. The fourth-order valence-corrected chi connectivity index (χ4v) is 4.51. The van der Waals surface area contributed by atoms with Crippen molar-refractivity contribution >= 4 is 5.97 Å². The number of carbonyl (C=O) groups is 1. The highest BCUT2D eigenvalue weighted by atomic mass is 16.5. The minimum atomic E-state index is 0.0805. The van der Waals surface area contributed by atoms with Crippen LogP contribution in [0.25, 0.3) is 0 Å². The molecule has 0 spiro atoms. The Morgan fingerprint density at radius 3 is 1.67 bits per heavy atom. The van der Waals surface area contributed by atoms with Crippen LogP contribution >= 0.6 is 0 Å². The minimum Gasteiger partial charge on any atom is -0.462 e. The number of rotatable bonds is 6. The summed E-state index contributed by atoms with van der Waals surface area (Å²) in [6.45, 7) is 16.9. The van der Waals surface area contributed by atoms with Gasteiger partial charge < -0.3 is 4.74 Å². The lowest BCUT2D eigenvalue weighted by molar-refractivity contribution is -0.155. The van der Waals surface area contributed by atoms with Gasteiger partial charge in [0, 0.05) is 0 Å². The summed E-state index contributed by atoms with van der Waals surface area (Å²) in [6.07, 6.45) is 12.5. The number of esters is 1. The van der Waals surface area contributed by atoms with Crippen molar-refractivity contribution in [2.75, 3.05) is 0 Å². The molecular weight excluding hydrogens is 332 g/mol. The van der Waals surface area contributed by atoms with E-state index in [-0.39, 0.29) is 18.0 Å². The first-order chi connectivity index (χ1) is 13.0. The fraction of sp³-hybridized carbons (Fsp3) is 0.960. The van der Waals surface area contributed by atoms with Gasteiger partial charge in [-0.15, -0.1) is 0 Å². The van der Waals surface area contributed by atoms with Crippen LogP contribution in [0, 0.1) is 29.6 Å². The van der Waals surface area contributed by atoms with Crippen molar-refractivity contribution in [3.05, 3.63) is 0 Å². The summed E-state index contributed by atoms with van der Waals surface area (Å²) in [6, 6.07) is 0. The molecule has 0 bridgehead atoms. The molecule has 0 aromatic carbocycles. The van der Waals surface area contributed by atoms with E-state index in [1.165, 1.54) is 38.5 Å². The molecular formula is C25H50O2. The molecule has 0 aromatic heterocycles. The standard InChI is InChI=1S/C21H38O2.2C2H6/c1-15(2)5-8-17(4)23-21(22)20-13-11-19(12-14-20)18-9-6-16(3)7-10-18;2*1-2/h15-20H,5-14H2,1-4H3;2*1-2H3. The van der Waals surface area contributed by atoms with Crippen molar-refractivity contribution in [2.24, 2.45) is 29.6 Å². The second kappa shape index (κ2) is 15.4. The van der Waals surface area contributed by atoms with Crippen molar-refractivity contribution in [1.29, 1.82) is 0 Å². The minimum absolute atomic E-state index is 0.0805. The van der Waals surface area contributed by atoms with Gasteiger partial charge in [0.1, 0.15) is 0 Å². The lowest BCUT2D eigenvalue weighted by Crippen LogP contribution is -2.30. The van der Waals surface area contributed by atoms with Crippen LogP contribution in [0.2, 0.25) is 0 Å². The maximum Gasteiger partial charge on any atom is 0.309 e. The maximum atomic E-state index is 12.4. The molecule has 2 aliphatic carbocycles. The molecule has 2 fully saturated rings. The van der Waals surface area contributed by atoms with Crippen LogP contribution in [0.5, 0.6) is 0 Å². The molecule has 0 aromatic rings. The number of ether oxygens (including phenoxy) is 1. The number of hydrogen-bond donors (Lipinski definition) is 0. The van der Waals surface area contributed by atoms with E-state index in [0.29, 0.717) is 5.92 Å². The Kier molecular flexibility index (Phi) is 15.1. The average molecular weight is 383 g/mol. The zero-order valence-electron chi connectivity index (χ0n) is 19.9. The van der Waals surface area contributed by atoms with Gasteiger partial charge in [-0.3, -0.25) is 4.79 Å². The molecule has 2 saturated carbocycles. The Hall–Kier alpha value is -0.530. The van der Waals surface area contributed by atoms with Gasteiger partial charge in [0.25, 0.3) is 0 Å². The first kappa shape index (κ1) is 26.5. The van der Waals surface area contributed by atoms with Crippen molar-refractivity contribution in [2.45, 2.75) is 126 Å². The predicted octanol–water partition coefficient (Wildman–Crippen LogP) is 8.04. The molecule has 0 saturated heterocycles. The second-order valence-corrected chi connectivity index (χ2v) is 8.85. The Morgan fingerprint density at radius 2 is 1.22 bits per heavy atom. The fourth-order valence-electron chi connectivity index (χ4n) is 4.51. The van der Waals surface area contributed by atoms with E-state index in [4.69, 9.17) is 4.74 Å². The van der Waals surface area contributed by atoms with E-state index >= 15 is 0 Å². The lowest BCUT2D eigenvalue weighted by Gasteiger charge is -2.36. The molecule has 2 heteroatoms. The molecule has 0 aliphatic heterocycles. The van der Waals surface area contributed by atoms with E-state index < -0.39 is 0 Å². The zero-order valence-corrected chi connectivity index (χ0v) is 19.9. The van der Waals surface area contributed by atoms with Gasteiger partial charge in [-0.2, -0.15) is 0 Å². The van der Waals surface area contributed by atoms with Crippen molar-refractivity contribution < 1.29 is 9.53 Å². The van der Waals surface area contributed by atoms with Crippen molar-refractivity contribution in [3.8, 4) is 0 Å². The summed E-state index contributed by atoms with van der Waals surface area (Å²) in [7, 11) is 0. The highest BCUT2D eigenvalue weighted by Gasteiger charge is 2.33. The molecule has 2 rings (SSSR count). The van der Waals surface area contributed by atoms with Crippen LogP contribution in [0.4, 0.5) is 0 Å². The third kappa shape index (κ3) is 10.5. The SMILES string of the molecule is CC.CC.CC(C)CCC(C)OC(=O)C1CCC(C2CCC(C)CC2)CC1. The van der Waals surface area contributed by atoms with Crippen molar-refractivity contribution in [3.63, 3.8) is 0 Å². The van der Waals surface area contributed by atoms with E-state index in [2.05, 4.69) is 27.7 Å². The Bertz CT molecular complexity index is 347. The third-order valence-electron chi connectivity index (χ3n) is 6.30. The van der Waals surface area contributed by atoms with E-state index in [1.54, 1.807) is 0 Å². The molecule has 0 heterocycles. The first-order valence-corrected chi connectivity index (χ1v) is 12.2. The molecule has 27 heavy (non-hydrogen) atoms. The van der Waals surface area contributed by atoms with Gasteiger partial charge in [-0.05, 0) is 82.0 Å². The third-order valence-corrected chi connectivity index (χ3v) is 6.30. The highest BCUT2D eigenvalue weighted by Crippen LogP contribution is 2.41. The first-order valence-electron chi connectivity index (χ1n) is 12.2. The van der Waals surface area contributed by atoms with E-state index in [0.717, 1.165) is 43.4 Å². The van der Waals surface area contributed by atoms with Crippen LogP contribution in [0.3, 0.4) is 0 Å². The van der Waals surface area contributed by atoms with Crippen LogP contribution in [0.15, 0.2) is 0 Å². The van der Waals surface area contributed by atoms with Gasteiger partial charge in [-0.25, -0.2) is 0 Å². The summed E-state index contributed by atoms with van der Waals surface area (Å²) in [4.78, 5) is 12.4. The van der Waals surface area contributed by atoms with Gasteiger partial charge in [0.2, 0.25) is 0 Å². The molecule has 0 radical (unpaired) electrons. The van der Waals surface area contributed by atoms with Crippen LogP contribution < -0.4 is 0 Å². The average Bonchev–Trinajstić information content (AvgIpc) is 2.70. The van der Waals surface area contributed by atoms with E-state index in [9.17, 15) is 4.79 Å². The molecule has 1 unspecified atom stereocenters. The maximum absolute atomic E-state index is 12.4. The Balaban J connectivity index is 0.00000158. The molecule has 0 N–H and O–H groups in total. The number of hydrogen-bond acceptors (Lipinski definition) is 2. The normalized spacial score (nSPS) is 28.9. The zero-order chi connectivity index (χ0) is 20.8. The van der Waals surface area contributed by atoms with E-state index in [1.807, 2.05) is 27.7 Å². The monoisotopic (exact) mass is 382 g/mol. The summed E-state index contributed by atoms with van der Waals surface area (Å²) in [5, 5.41) is 0. The summed E-state index contributed by atoms with van der Waals surface area (Å²) in [5.74, 6) is 3.69. The Morgan fingerprint density at radius 1 is 0.778 bits per heavy atom. The smallest absolute Gasteiger partial charge is 0.309 e. The molecule has 0 amide bonds. The molecule has 162 valence electrons. The molecule has 1 atom stereocenters. The van der Waals surface area contributed by atoms with Gasteiger partial charge in [0.05, 0.1) is 12.0 Å². The topological polar surface area (TPSA) is 26.3 Å². The Labute approximate surface area is 171 Å². The van der Waals surface area contributed by atoms with Crippen LogP contribution in [-0.4, -0.2) is 12.1 Å². The van der Waals surface area contributed by atoms with Gasteiger partial charge in [-0.1, -0.05) is 61.3 Å². The van der Waals surface area contributed by atoms with Crippen LogP contribution in [-0.2, 0) is 9.53 Å². The highest BCUT2D eigenvalue weighted by molar-refractivity contribution is 5.72. The van der Waals surface area contributed by atoms with Crippen LogP contribution in [0.1, 0.15) is 120 Å². The lowest BCUT2D eigenvalue weighted by atomic mass is 9.69. The number of carbonyl (C=O) groups excluding carboxylic acids is 1. The molecule has 2 nitrogen and oxygen atoms in total. The summed E-state index contributed by atoms with van der Waals surface area (Å²) in [5.41, 5.74) is 0. The second-order valence-electron chi connectivity index (χ2n) is 8.85. The molecule has 2 aliphatic rings. The summed E-state index contributed by atoms with van der Waals surface area (Å²) < 4.78 is 5.70. The predicted molar refractivity (Wildman–Crippen MR) is 119 cm³/mol. The van der Waals surface area contributed by atoms with Gasteiger partial charge in [0.15, 0.2) is 0 Å². The quantitative estimate of drug-likeness (QED) is 0.434. The van der Waals surface area contributed by atoms with Gasteiger partial charge >= 0.3 is 5.97 Å².